The molecule has 21 heavy (non-hydrogen) atoms. The van der Waals surface area contributed by atoms with Gasteiger partial charge in [0, 0.05) is 38.8 Å². The van der Waals surface area contributed by atoms with Crippen LogP contribution in [0.2, 0.25) is 0 Å². The first-order chi connectivity index (χ1) is 10.0. The summed E-state index contributed by atoms with van der Waals surface area (Å²) >= 11 is 0. The Labute approximate surface area is 121 Å². The Hall–Kier alpha value is -1.15. The van der Waals surface area contributed by atoms with E-state index in [2.05, 4.69) is 15.2 Å². The van der Waals surface area contributed by atoms with Crippen molar-refractivity contribution >= 4 is 0 Å². The number of nitrogens with one attached hydrogen (secondary N) is 1. The van der Waals surface area contributed by atoms with Gasteiger partial charge in [0.2, 0.25) is 0 Å². The van der Waals surface area contributed by atoms with Crippen LogP contribution in [0.5, 0.6) is 0 Å². The third kappa shape index (κ3) is 2.78. The molecule has 3 N–H and O–H groups in total. The molecule has 2 atom stereocenters. The molecule has 2 bridgehead atoms. The minimum absolute atomic E-state index is 0.0269. The smallest absolute Gasteiger partial charge is 0.299 e. The molecule has 1 aromatic rings. The van der Waals surface area contributed by atoms with Crippen LogP contribution >= 0.6 is 0 Å². The molecule has 0 spiro atoms. The standard InChI is InChI=1S/C14H19F3N4/c15-14(16,17)11-4-2-1-3-10(11)13(19-18)12-9-20-5-7-21(12)8-6-20/h1-4,12-13,19H,5-9,18H2. The van der Waals surface area contributed by atoms with Crippen LogP contribution in [0.4, 0.5) is 13.2 Å². The SMILES string of the molecule is NNC(c1ccccc1C(F)(F)F)C1CN2CCN1CC2. The van der Waals surface area contributed by atoms with Crippen molar-refractivity contribution in [1.82, 2.24) is 15.2 Å². The first kappa shape index (κ1) is 14.8. The number of benzene rings is 1. The second-order valence-corrected chi connectivity index (χ2v) is 5.63. The Balaban J connectivity index is 1.94. The topological polar surface area (TPSA) is 44.5 Å². The Morgan fingerprint density at radius 3 is 2.33 bits per heavy atom. The lowest BCUT2D eigenvalue weighted by Gasteiger charge is -2.50. The lowest BCUT2D eigenvalue weighted by Crippen LogP contribution is -2.64. The van der Waals surface area contributed by atoms with E-state index in [1.165, 1.54) is 12.1 Å². The maximum Gasteiger partial charge on any atom is 0.416 e. The number of fused-ring (bicyclic) bond motifs is 3. The van der Waals surface area contributed by atoms with Gasteiger partial charge in [-0.2, -0.15) is 13.2 Å². The molecular formula is C14H19F3N4. The van der Waals surface area contributed by atoms with E-state index in [1.807, 2.05) is 0 Å². The van der Waals surface area contributed by atoms with Crippen molar-refractivity contribution in [3.05, 3.63) is 35.4 Å². The summed E-state index contributed by atoms with van der Waals surface area (Å²) < 4.78 is 39.6. The molecule has 1 aromatic carbocycles. The van der Waals surface area contributed by atoms with Crippen LogP contribution in [0.25, 0.3) is 0 Å². The van der Waals surface area contributed by atoms with Gasteiger partial charge in [-0.15, -0.1) is 0 Å². The Morgan fingerprint density at radius 1 is 1.14 bits per heavy atom. The Kier molecular flexibility index (Phi) is 3.92. The van der Waals surface area contributed by atoms with Crippen LogP contribution in [0, 0.1) is 0 Å². The number of alkyl halides is 3. The van der Waals surface area contributed by atoms with Gasteiger partial charge >= 0.3 is 6.18 Å². The lowest BCUT2D eigenvalue weighted by atomic mass is 9.91. The number of halogens is 3. The summed E-state index contributed by atoms with van der Waals surface area (Å²) in [6.07, 6.45) is -4.37. The summed E-state index contributed by atoms with van der Waals surface area (Å²) in [4.78, 5) is 4.52. The van der Waals surface area contributed by atoms with Crippen LogP contribution in [0.15, 0.2) is 24.3 Å². The number of hydrogen-bond donors (Lipinski definition) is 2. The van der Waals surface area contributed by atoms with Crippen LogP contribution in [-0.4, -0.2) is 48.6 Å². The number of nitrogens with two attached hydrogens (primary N) is 1. The molecule has 0 aliphatic carbocycles. The number of piperazine rings is 3. The normalized spacial score (nSPS) is 30.4. The summed E-state index contributed by atoms with van der Waals surface area (Å²) in [6, 6.07) is 5.14. The predicted octanol–water partition coefficient (Wildman–Crippen LogP) is 1.21. The van der Waals surface area contributed by atoms with Crippen molar-refractivity contribution in [3.63, 3.8) is 0 Å². The molecule has 0 aromatic heterocycles. The lowest BCUT2D eigenvalue weighted by molar-refractivity contribution is -0.138. The van der Waals surface area contributed by atoms with Crippen LogP contribution < -0.4 is 11.3 Å². The molecule has 4 rings (SSSR count). The molecule has 0 amide bonds. The van der Waals surface area contributed by atoms with Gasteiger partial charge in [-0.05, 0) is 11.6 Å². The zero-order valence-corrected chi connectivity index (χ0v) is 11.6. The molecule has 3 fully saturated rings. The summed E-state index contributed by atoms with van der Waals surface area (Å²) in [7, 11) is 0. The van der Waals surface area contributed by atoms with Gasteiger partial charge in [0.1, 0.15) is 0 Å². The third-order valence-electron chi connectivity index (χ3n) is 4.49. The van der Waals surface area contributed by atoms with E-state index < -0.39 is 17.8 Å². The highest BCUT2D eigenvalue weighted by Gasteiger charge is 2.41. The second kappa shape index (κ2) is 5.57. The summed E-state index contributed by atoms with van der Waals surface area (Å²) in [5.74, 6) is 5.62. The zero-order chi connectivity index (χ0) is 15.0. The van der Waals surface area contributed by atoms with E-state index in [-0.39, 0.29) is 11.6 Å². The van der Waals surface area contributed by atoms with E-state index >= 15 is 0 Å². The van der Waals surface area contributed by atoms with Crippen LogP contribution in [0.3, 0.4) is 0 Å². The molecule has 0 saturated carbocycles. The van der Waals surface area contributed by atoms with Crippen molar-refractivity contribution in [3.8, 4) is 0 Å². The third-order valence-corrected chi connectivity index (χ3v) is 4.49. The molecule has 4 nitrogen and oxygen atoms in total. The molecule has 2 unspecified atom stereocenters. The minimum Gasteiger partial charge on any atom is -0.299 e. The quantitative estimate of drug-likeness (QED) is 0.650. The highest BCUT2D eigenvalue weighted by Crippen LogP contribution is 2.37. The van der Waals surface area contributed by atoms with E-state index in [0.29, 0.717) is 0 Å². The first-order valence-corrected chi connectivity index (χ1v) is 7.09. The van der Waals surface area contributed by atoms with Crippen molar-refractivity contribution in [1.29, 1.82) is 0 Å². The molecule has 3 heterocycles. The monoisotopic (exact) mass is 300 g/mol. The maximum atomic E-state index is 13.2. The summed E-state index contributed by atoms with van der Waals surface area (Å²) in [5, 5.41) is 0. The van der Waals surface area contributed by atoms with Crippen LogP contribution in [-0.2, 0) is 6.18 Å². The largest absolute Gasteiger partial charge is 0.416 e. The number of hydrazine groups is 1. The van der Waals surface area contributed by atoms with Gasteiger partial charge in [0.05, 0.1) is 11.6 Å². The van der Waals surface area contributed by atoms with Gasteiger partial charge in [-0.25, -0.2) is 0 Å². The number of hydrogen-bond acceptors (Lipinski definition) is 4. The fraction of sp³-hybridized carbons (Fsp3) is 0.571. The van der Waals surface area contributed by atoms with Gasteiger partial charge in [-0.1, -0.05) is 18.2 Å². The fourth-order valence-electron chi connectivity index (χ4n) is 3.41. The second-order valence-electron chi connectivity index (χ2n) is 5.63. The molecule has 116 valence electrons. The van der Waals surface area contributed by atoms with E-state index in [0.717, 1.165) is 38.8 Å². The molecule has 7 heteroatoms. The number of rotatable bonds is 3. The minimum atomic E-state index is -4.37. The van der Waals surface area contributed by atoms with E-state index in [4.69, 9.17) is 5.84 Å². The Morgan fingerprint density at radius 2 is 1.81 bits per heavy atom. The van der Waals surface area contributed by atoms with Crippen molar-refractivity contribution in [2.75, 3.05) is 32.7 Å². The summed E-state index contributed by atoms with van der Waals surface area (Å²) in [5.41, 5.74) is 2.24. The van der Waals surface area contributed by atoms with Gasteiger partial charge in [-0.3, -0.25) is 21.1 Å². The Bertz CT molecular complexity index is 497. The average molecular weight is 300 g/mol. The summed E-state index contributed by atoms with van der Waals surface area (Å²) in [6.45, 7) is 4.48. The first-order valence-electron chi connectivity index (χ1n) is 7.09. The predicted molar refractivity (Wildman–Crippen MR) is 73.3 cm³/mol. The average Bonchev–Trinajstić information content (AvgIpc) is 2.49. The van der Waals surface area contributed by atoms with Crippen molar-refractivity contribution in [2.24, 2.45) is 5.84 Å². The molecule has 3 aliphatic rings. The van der Waals surface area contributed by atoms with Crippen LogP contribution in [0.1, 0.15) is 17.2 Å². The number of nitrogens with zero attached hydrogens (tertiary/aromatic N) is 2. The van der Waals surface area contributed by atoms with Gasteiger partial charge in [0.25, 0.3) is 0 Å². The van der Waals surface area contributed by atoms with E-state index in [1.54, 1.807) is 6.07 Å². The molecule has 3 aliphatic heterocycles. The van der Waals surface area contributed by atoms with E-state index in [9.17, 15) is 13.2 Å². The zero-order valence-electron chi connectivity index (χ0n) is 11.6. The molecular weight excluding hydrogens is 281 g/mol. The van der Waals surface area contributed by atoms with Gasteiger partial charge < -0.3 is 0 Å². The maximum absolute atomic E-state index is 13.2. The van der Waals surface area contributed by atoms with Gasteiger partial charge in [0.15, 0.2) is 0 Å². The van der Waals surface area contributed by atoms with Crippen molar-refractivity contribution < 1.29 is 13.2 Å². The molecule has 3 saturated heterocycles. The highest BCUT2D eigenvalue weighted by molar-refractivity contribution is 5.33. The highest BCUT2D eigenvalue weighted by atomic mass is 19.4. The molecule has 0 radical (unpaired) electrons. The fourth-order valence-corrected chi connectivity index (χ4v) is 3.41. The van der Waals surface area contributed by atoms with Crippen molar-refractivity contribution in [2.45, 2.75) is 18.3 Å².